The van der Waals surface area contributed by atoms with Crippen LogP contribution < -0.4 is 41.6 Å². The number of aliphatic imine (C=N–C) groups is 1. The van der Waals surface area contributed by atoms with Gasteiger partial charge in [0.05, 0.1) is 46.9 Å². The maximum atomic E-state index is 14.6. The van der Waals surface area contributed by atoms with Crippen LogP contribution >= 0.6 is 23.4 Å². The summed E-state index contributed by atoms with van der Waals surface area (Å²) in [5, 5.41) is 25.5. The third-order valence-electron chi connectivity index (χ3n) is 17.5. The Morgan fingerprint density at radius 3 is 2.36 bits per heavy atom. The standard InChI is InChI=1S/C53H77ClN10O4S/c1-30-31(2)69-48-43(30)45(58-41(27-42-56-22-25-66-42)46-62-61-32(3)64(46)48)34-14-17-36(18-15-34)67-37-20-23-63(24-21-37)51-57-29-39(44(59-51)33-12-10-8-9-11-13-33)47(65)60-49-52(4,5)50(53(49,6)7)68-38-19-16-35(28-55)40(54)26-38/h14-19,26,30-33,37,39,41-44,46,48-51,56-57,59,61-62H,8-13,20-25,27,29H2,1-7H3,(H,60,65)/t30?,31?,32?,39?,41-,42?,43?,44?,46?,48?,49?,50?,51?/m0/s1. The van der Waals surface area contributed by atoms with Crippen LogP contribution in [0.5, 0.6) is 11.5 Å². The van der Waals surface area contributed by atoms with Crippen LogP contribution in [0.4, 0.5) is 0 Å². The molecule has 6 heterocycles. The molecule has 7 fully saturated rings. The highest BCUT2D eigenvalue weighted by Crippen LogP contribution is 2.56. The summed E-state index contributed by atoms with van der Waals surface area (Å²) in [5.41, 5.74) is 9.33. The molecule has 1 amide bonds. The van der Waals surface area contributed by atoms with Gasteiger partial charge < -0.3 is 19.5 Å². The number of thioether (sulfide) groups is 1. The SMILES string of the molecule is CC1SC2C(C(c3ccc(OC4CCN(C5NCC(C(=O)NC6C(C)(C)C(Oc7ccc(C#N)c(Cl)c7)C6(C)C)C(C6CCCCCC6)N5)CC4)cc3)=N[C@@H](CC3NCCO3)C3NNC(C)N23)C1C. The van der Waals surface area contributed by atoms with Gasteiger partial charge in [-0.3, -0.25) is 35.5 Å². The summed E-state index contributed by atoms with van der Waals surface area (Å²) in [6.45, 7) is 19.8. The van der Waals surface area contributed by atoms with Crippen molar-refractivity contribution in [3.05, 3.63) is 58.6 Å². The lowest BCUT2D eigenvalue weighted by Gasteiger charge is -2.63. The quantitative estimate of drug-likeness (QED) is 0.131. The van der Waals surface area contributed by atoms with Crippen LogP contribution in [0.15, 0.2) is 47.5 Å². The second-order valence-corrected chi connectivity index (χ2v) is 24.6. The number of halogens is 1. The molecule has 0 aromatic heterocycles. The Hall–Kier alpha value is -3.01. The van der Waals surface area contributed by atoms with Crippen LogP contribution in [0, 0.1) is 45.8 Å². The number of ether oxygens (including phenoxy) is 3. The lowest BCUT2D eigenvalue weighted by atomic mass is 9.49. The first-order chi connectivity index (χ1) is 33.2. The Morgan fingerprint density at radius 1 is 0.957 bits per heavy atom. The smallest absolute Gasteiger partial charge is 0.226 e. The Kier molecular flexibility index (Phi) is 14.7. The molecule has 16 heteroatoms. The molecule has 2 saturated carbocycles. The Morgan fingerprint density at radius 2 is 1.68 bits per heavy atom. The molecule has 5 saturated heterocycles. The molecule has 6 aliphatic heterocycles. The van der Waals surface area contributed by atoms with E-state index in [0.717, 1.165) is 64.1 Å². The van der Waals surface area contributed by atoms with Gasteiger partial charge in [-0.15, -0.1) is 11.8 Å². The van der Waals surface area contributed by atoms with Crippen molar-refractivity contribution < 1.29 is 19.0 Å². The Balaban J connectivity index is 0.773. The topological polar surface area (TPSA) is 160 Å². The number of fused-ring (bicyclic) bond motifs is 3. The van der Waals surface area contributed by atoms with E-state index >= 15 is 0 Å². The number of amides is 1. The molecular formula is C53H77ClN10O4S. The summed E-state index contributed by atoms with van der Waals surface area (Å²) in [7, 11) is 0. The molecule has 2 aromatic rings. The van der Waals surface area contributed by atoms with E-state index in [1.807, 2.05) is 0 Å². The number of hydrogen-bond acceptors (Lipinski definition) is 14. The number of benzene rings is 2. The summed E-state index contributed by atoms with van der Waals surface area (Å²) in [5.74, 6) is 2.71. The van der Waals surface area contributed by atoms with E-state index in [2.05, 4.69) is 132 Å². The number of rotatable bonds is 11. The molecule has 0 bridgehead atoms. The Bertz CT molecular complexity index is 2190. The average Bonchev–Trinajstić information content (AvgIpc) is 3.97. The van der Waals surface area contributed by atoms with Crippen molar-refractivity contribution in [1.82, 2.24) is 41.9 Å². The molecule has 2 aliphatic carbocycles. The van der Waals surface area contributed by atoms with Gasteiger partial charge in [0, 0.05) is 78.5 Å². The zero-order valence-electron chi connectivity index (χ0n) is 41.8. The first-order valence-electron chi connectivity index (χ1n) is 26.2. The largest absolute Gasteiger partial charge is 0.490 e. The fourth-order valence-electron chi connectivity index (χ4n) is 13.9. The van der Waals surface area contributed by atoms with Gasteiger partial charge in [-0.1, -0.05) is 78.8 Å². The van der Waals surface area contributed by atoms with E-state index in [1.165, 1.54) is 37.0 Å². The summed E-state index contributed by atoms with van der Waals surface area (Å²) in [4.78, 5) is 25.4. The second-order valence-electron chi connectivity index (χ2n) is 22.7. The van der Waals surface area contributed by atoms with Gasteiger partial charge in [-0.05, 0) is 86.4 Å². The molecule has 14 nitrogen and oxygen atoms in total. The molecule has 11 atom stereocenters. The van der Waals surface area contributed by atoms with Gasteiger partial charge in [0.1, 0.15) is 42.3 Å². The lowest BCUT2D eigenvalue weighted by molar-refractivity contribution is -0.175. The highest BCUT2D eigenvalue weighted by molar-refractivity contribution is 8.00. The molecule has 0 radical (unpaired) electrons. The highest BCUT2D eigenvalue weighted by Gasteiger charge is 2.64. The summed E-state index contributed by atoms with van der Waals surface area (Å²) >= 11 is 8.47. The van der Waals surface area contributed by atoms with Gasteiger partial charge in [0.25, 0.3) is 0 Å². The number of nitrogens with zero attached hydrogens (tertiary/aromatic N) is 4. The summed E-state index contributed by atoms with van der Waals surface area (Å²) < 4.78 is 19.4. The van der Waals surface area contributed by atoms with Gasteiger partial charge in [-0.25, -0.2) is 10.9 Å². The predicted octanol–water partition coefficient (Wildman–Crippen LogP) is 6.79. The second kappa shape index (κ2) is 20.5. The predicted molar refractivity (Wildman–Crippen MR) is 273 cm³/mol. The molecule has 6 N–H and O–H groups in total. The molecule has 10 rings (SSSR count). The zero-order chi connectivity index (χ0) is 48.2. The number of hydrazine groups is 1. The van der Waals surface area contributed by atoms with Crippen LogP contribution in [-0.2, 0) is 9.53 Å². The van der Waals surface area contributed by atoms with Crippen molar-refractivity contribution in [2.75, 3.05) is 32.8 Å². The highest BCUT2D eigenvalue weighted by atomic mass is 35.5. The van der Waals surface area contributed by atoms with Crippen LogP contribution in [0.3, 0.4) is 0 Å². The number of carbonyl (C=O) groups excluding carboxylic acids is 1. The minimum absolute atomic E-state index is 0.00357. The van der Waals surface area contributed by atoms with Crippen LogP contribution in [0.25, 0.3) is 0 Å². The van der Waals surface area contributed by atoms with Gasteiger partial charge >= 0.3 is 0 Å². The van der Waals surface area contributed by atoms with Crippen molar-refractivity contribution in [2.45, 2.75) is 172 Å². The molecular weight excluding hydrogens is 908 g/mol. The molecule has 376 valence electrons. The number of likely N-dealkylation sites (tertiary alicyclic amines) is 1. The first kappa shape index (κ1) is 49.6. The van der Waals surface area contributed by atoms with Crippen molar-refractivity contribution in [3.8, 4) is 17.6 Å². The van der Waals surface area contributed by atoms with E-state index in [9.17, 15) is 10.1 Å². The zero-order valence-corrected chi connectivity index (χ0v) is 43.4. The third-order valence-corrected chi connectivity index (χ3v) is 19.5. The van der Waals surface area contributed by atoms with Crippen molar-refractivity contribution >= 4 is 35.0 Å². The van der Waals surface area contributed by atoms with Gasteiger partial charge in [0.15, 0.2) is 0 Å². The number of hydrogen-bond donors (Lipinski definition) is 6. The first-order valence-corrected chi connectivity index (χ1v) is 27.6. The van der Waals surface area contributed by atoms with Gasteiger partial charge in [0.2, 0.25) is 5.91 Å². The Labute approximate surface area is 419 Å². The van der Waals surface area contributed by atoms with E-state index in [1.54, 1.807) is 18.2 Å². The van der Waals surface area contributed by atoms with E-state index in [0.29, 0.717) is 51.3 Å². The van der Waals surface area contributed by atoms with Crippen LogP contribution in [-0.4, -0.2) is 120 Å². The summed E-state index contributed by atoms with van der Waals surface area (Å²) in [6, 6.07) is 16.2. The molecule has 10 unspecified atom stereocenters. The van der Waals surface area contributed by atoms with Crippen LogP contribution in [0.2, 0.25) is 5.02 Å². The van der Waals surface area contributed by atoms with Crippen LogP contribution in [0.1, 0.15) is 117 Å². The monoisotopic (exact) mass is 985 g/mol. The molecule has 2 aromatic carbocycles. The van der Waals surface area contributed by atoms with E-state index in [-0.39, 0.29) is 77.8 Å². The number of nitrogens with one attached hydrogen (secondary N) is 6. The van der Waals surface area contributed by atoms with Crippen molar-refractivity contribution in [2.24, 2.45) is 39.5 Å². The third kappa shape index (κ3) is 9.83. The average molecular weight is 986 g/mol. The fourth-order valence-corrected chi connectivity index (χ4v) is 15.9. The van der Waals surface area contributed by atoms with E-state index < -0.39 is 0 Å². The normalized spacial score (nSPS) is 37.3. The van der Waals surface area contributed by atoms with Gasteiger partial charge in [-0.2, -0.15) is 5.26 Å². The number of piperidine rings is 1. The minimum atomic E-state index is -0.331. The number of nitriles is 1. The molecule has 0 spiro atoms. The molecule has 69 heavy (non-hydrogen) atoms. The van der Waals surface area contributed by atoms with Crippen molar-refractivity contribution in [3.63, 3.8) is 0 Å². The molecule has 8 aliphatic rings. The van der Waals surface area contributed by atoms with E-state index in [4.69, 9.17) is 30.8 Å². The number of carbonyl (C=O) groups is 1. The fraction of sp³-hybridized carbons (Fsp3) is 0.717. The van der Waals surface area contributed by atoms with Crippen molar-refractivity contribution in [1.29, 1.82) is 5.26 Å². The summed E-state index contributed by atoms with van der Waals surface area (Å²) in [6.07, 6.45) is 10.2. The maximum absolute atomic E-state index is 14.6. The minimum Gasteiger partial charge on any atom is -0.490 e. The maximum Gasteiger partial charge on any atom is 0.226 e. The lowest BCUT2D eigenvalue weighted by Crippen LogP contribution is -2.76.